The highest BCUT2D eigenvalue weighted by Crippen LogP contribution is 2.21. The number of nitrogens with zero attached hydrogens (tertiary/aromatic N) is 1. The van der Waals surface area contributed by atoms with Gasteiger partial charge in [-0.05, 0) is 62.6 Å². The smallest absolute Gasteiger partial charge is 0.289 e. The molecule has 1 saturated heterocycles. The van der Waals surface area contributed by atoms with Crippen LogP contribution in [-0.4, -0.2) is 23.4 Å². The molecule has 0 spiro atoms. The van der Waals surface area contributed by atoms with E-state index in [0.29, 0.717) is 17.3 Å². The first kappa shape index (κ1) is 15.6. The van der Waals surface area contributed by atoms with Gasteiger partial charge < -0.3 is 14.1 Å². The van der Waals surface area contributed by atoms with Crippen molar-refractivity contribution in [1.29, 1.82) is 0 Å². The molecule has 1 amide bonds. The van der Waals surface area contributed by atoms with Crippen molar-refractivity contribution in [3.63, 3.8) is 0 Å². The lowest BCUT2D eigenvalue weighted by Gasteiger charge is -2.32. The Morgan fingerprint density at radius 2 is 2.04 bits per heavy atom. The summed E-state index contributed by atoms with van der Waals surface area (Å²) in [7, 11) is 0. The summed E-state index contributed by atoms with van der Waals surface area (Å²) >= 11 is 0. The highest BCUT2D eigenvalue weighted by atomic mass is 19.1. The first-order valence-corrected chi connectivity index (χ1v) is 7.91. The third-order valence-electron chi connectivity index (χ3n) is 4.13. The Kier molecular flexibility index (Phi) is 4.65. The number of hydrogen-bond donors (Lipinski definition) is 0. The Bertz CT molecular complexity index is 665. The summed E-state index contributed by atoms with van der Waals surface area (Å²) in [5.41, 5.74) is 0. The fourth-order valence-corrected chi connectivity index (χ4v) is 2.80. The van der Waals surface area contributed by atoms with Crippen LogP contribution in [0.4, 0.5) is 4.39 Å². The summed E-state index contributed by atoms with van der Waals surface area (Å²) < 4.78 is 24.0. The van der Waals surface area contributed by atoms with Crippen molar-refractivity contribution >= 4 is 5.91 Å². The molecule has 5 heteroatoms. The molecule has 1 aromatic carbocycles. The van der Waals surface area contributed by atoms with Crippen molar-refractivity contribution in [3.8, 4) is 5.75 Å². The number of likely N-dealkylation sites (tertiary alicyclic amines) is 1. The molecule has 2 aromatic rings. The summed E-state index contributed by atoms with van der Waals surface area (Å²) in [5, 5.41) is 0. The molecule has 1 aliphatic heterocycles. The van der Waals surface area contributed by atoms with Crippen LogP contribution in [0.15, 0.2) is 40.8 Å². The van der Waals surface area contributed by atoms with Gasteiger partial charge >= 0.3 is 0 Å². The Morgan fingerprint density at radius 1 is 1.26 bits per heavy atom. The molecule has 0 N–H and O–H groups in total. The zero-order chi connectivity index (χ0) is 16.2. The number of carbonyl (C=O) groups excluding carboxylic acids is 1. The second-order valence-corrected chi connectivity index (χ2v) is 5.85. The lowest BCUT2D eigenvalue weighted by atomic mass is 10.0. The Labute approximate surface area is 134 Å². The average Bonchev–Trinajstić information content (AvgIpc) is 3.03. The van der Waals surface area contributed by atoms with Crippen LogP contribution in [0.2, 0.25) is 0 Å². The highest BCUT2D eigenvalue weighted by molar-refractivity contribution is 5.91. The summed E-state index contributed by atoms with van der Waals surface area (Å²) in [6, 6.07) is 9.46. The van der Waals surface area contributed by atoms with E-state index in [-0.39, 0.29) is 24.4 Å². The van der Waals surface area contributed by atoms with Gasteiger partial charge in [0.25, 0.3) is 5.91 Å². The van der Waals surface area contributed by atoms with Crippen molar-refractivity contribution < 1.29 is 18.3 Å². The van der Waals surface area contributed by atoms with E-state index in [4.69, 9.17) is 9.15 Å². The van der Waals surface area contributed by atoms with Crippen LogP contribution in [0.25, 0.3) is 0 Å². The fraction of sp³-hybridized carbons (Fsp3) is 0.389. The molecule has 1 aromatic heterocycles. The predicted octanol–water partition coefficient (Wildman–Crippen LogP) is 4.01. The molecule has 23 heavy (non-hydrogen) atoms. The van der Waals surface area contributed by atoms with Gasteiger partial charge in [0.15, 0.2) is 5.76 Å². The Balaban J connectivity index is 1.61. The molecule has 2 heterocycles. The van der Waals surface area contributed by atoms with E-state index in [2.05, 4.69) is 6.92 Å². The molecular formula is C18H20FNO3. The quantitative estimate of drug-likeness (QED) is 0.855. The topological polar surface area (TPSA) is 42.7 Å². The SMILES string of the molecule is CC1CCCCN1C(=O)c1ccc(COc2ccc(F)cc2)o1. The number of halogens is 1. The van der Waals surface area contributed by atoms with Crippen molar-refractivity contribution in [3.05, 3.63) is 53.7 Å². The van der Waals surface area contributed by atoms with Gasteiger partial charge in [0, 0.05) is 12.6 Å². The molecule has 0 aliphatic carbocycles. The third-order valence-corrected chi connectivity index (χ3v) is 4.13. The number of carbonyl (C=O) groups is 1. The van der Waals surface area contributed by atoms with Crippen molar-refractivity contribution in [2.45, 2.75) is 38.8 Å². The van der Waals surface area contributed by atoms with Gasteiger partial charge in [-0.3, -0.25) is 4.79 Å². The van der Waals surface area contributed by atoms with Crippen LogP contribution in [0.3, 0.4) is 0 Å². The monoisotopic (exact) mass is 317 g/mol. The zero-order valence-electron chi connectivity index (χ0n) is 13.1. The maximum absolute atomic E-state index is 12.8. The summed E-state index contributed by atoms with van der Waals surface area (Å²) in [6.07, 6.45) is 3.24. The van der Waals surface area contributed by atoms with Gasteiger partial charge in [-0.2, -0.15) is 0 Å². The summed E-state index contributed by atoms with van der Waals surface area (Å²) in [4.78, 5) is 14.4. The van der Waals surface area contributed by atoms with Crippen molar-refractivity contribution in [2.75, 3.05) is 6.54 Å². The Morgan fingerprint density at radius 3 is 2.78 bits per heavy atom. The second-order valence-electron chi connectivity index (χ2n) is 5.85. The van der Waals surface area contributed by atoms with Crippen molar-refractivity contribution in [1.82, 2.24) is 4.90 Å². The number of amides is 1. The minimum Gasteiger partial charge on any atom is -0.486 e. The first-order valence-electron chi connectivity index (χ1n) is 7.91. The second kappa shape index (κ2) is 6.86. The van der Waals surface area contributed by atoms with E-state index < -0.39 is 0 Å². The van der Waals surface area contributed by atoms with E-state index in [1.165, 1.54) is 18.6 Å². The molecule has 1 aliphatic rings. The maximum atomic E-state index is 12.8. The fourth-order valence-electron chi connectivity index (χ4n) is 2.80. The molecule has 1 atom stereocenters. The lowest BCUT2D eigenvalue weighted by molar-refractivity contribution is 0.0599. The summed E-state index contributed by atoms with van der Waals surface area (Å²) in [5.74, 6) is 1.10. The molecule has 3 rings (SSSR count). The van der Waals surface area contributed by atoms with Gasteiger partial charge in [0.2, 0.25) is 0 Å². The van der Waals surface area contributed by atoms with E-state index in [0.717, 1.165) is 19.4 Å². The van der Waals surface area contributed by atoms with Gasteiger partial charge in [-0.25, -0.2) is 4.39 Å². The zero-order valence-corrected chi connectivity index (χ0v) is 13.1. The molecule has 1 fully saturated rings. The van der Waals surface area contributed by atoms with Gasteiger partial charge in [0.05, 0.1) is 0 Å². The van der Waals surface area contributed by atoms with Crippen LogP contribution in [0.1, 0.15) is 42.5 Å². The highest BCUT2D eigenvalue weighted by Gasteiger charge is 2.26. The standard InChI is InChI=1S/C18H20FNO3/c1-13-4-2-3-11-20(13)18(21)17-10-9-16(23-17)12-22-15-7-5-14(19)6-8-15/h5-10,13H,2-4,11-12H2,1H3. The largest absolute Gasteiger partial charge is 0.486 e. The molecule has 1 unspecified atom stereocenters. The lowest BCUT2D eigenvalue weighted by Crippen LogP contribution is -2.41. The molecule has 122 valence electrons. The number of piperidine rings is 1. The number of ether oxygens (including phenoxy) is 1. The van der Waals surface area contributed by atoms with Gasteiger partial charge in [-0.15, -0.1) is 0 Å². The maximum Gasteiger partial charge on any atom is 0.289 e. The number of hydrogen-bond acceptors (Lipinski definition) is 3. The van der Waals surface area contributed by atoms with Crippen LogP contribution in [0.5, 0.6) is 5.75 Å². The molecule has 0 saturated carbocycles. The van der Waals surface area contributed by atoms with E-state index >= 15 is 0 Å². The van der Waals surface area contributed by atoms with Crippen molar-refractivity contribution in [2.24, 2.45) is 0 Å². The first-order chi connectivity index (χ1) is 11.1. The van der Waals surface area contributed by atoms with Crippen LogP contribution in [-0.2, 0) is 6.61 Å². The summed E-state index contributed by atoms with van der Waals surface area (Å²) in [6.45, 7) is 3.05. The number of rotatable bonds is 4. The van der Waals surface area contributed by atoms with E-state index in [9.17, 15) is 9.18 Å². The third kappa shape index (κ3) is 3.73. The minimum atomic E-state index is -0.307. The minimum absolute atomic E-state index is 0.0646. The van der Waals surface area contributed by atoms with E-state index in [1.807, 2.05) is 4.90 Å². The van der Waals surface area contributed by atoms with E-state index in [1.54, 1.807) is 24.3 Å². The molecular weight excluding hydrogens is 297 g/mol. The molecule has 0 radical (unpaired) electrons. The van der Waals surface area contributed by atoms with Crippen LogP contribution >= 0.6 is 0 Å². The molecule has 0 bridgehead atoms. The van der Waals surface area contributed by atoms with Crippen LogP contribution < -0.4 is 4.74 Å². The number of furan rings is 1. The Hall–Kier alpha value is -2.30. The predicted molar refractivity (Wildman–Crippen MR) is 83.8 cm³/mol. The van der Waals surface area contributed by atoms with Crippen LogP contribution in [0, 0.1) is 5.82 Å². The number of benzene rings is 1. The van der Waals surface area contributed by atoms with Gasteiger partial charge in [0.1, 0.15) is 23.9 Å². The molecule has 4 nitrogen and oxygen atoms in total. The normalized spacial score (nSPS) is 18.0. The van der Waals surface area contributed by atoms with Gasteiger partial charge in [-0.1, -0.05) is 0 Å². The average molecular weight is 317 g/mol.